The Morgan fingerprint density at radius 3 is 2.72 bits per heavy atom. The maximum Gasteiger partial charge on any atom is 0.139 e. The highest BCUT2D eigenvalue weighted by Crippen LogP contribution is 2.36. The zero-order valence-electron chi connectivity index (χ0n) is 13.9. The molecule has 0 atom stereocenters. The van der Waals surface area contributed by atoms with Gasteiger partial charge in [0.25, 0.3) is 0 Å². The van der Waals surface area contributed by atoms with Gasteiger partial charge in [0.05, 0.1) is 5.39 Å². The lowest BCUT2D eigenvalue weighted by molar-refractivity contribution is 0.985. The molecule has 124 valence electrons. The van der Waals surface area contributed by atoms with Crippen molar-refractivity contribution >= 4 is 27.4 Å². The molecule has 0 unspecified atom stereocenters. The first-order valence-corrected chi connectivity index (χ1v) is 9.13. The molecule has 1 aromatic carbocycles. The minimum Gasteiger partial charge on any atom is -0.369 e. The summed E-state index contributed by atoms with van der Waals surface area (Å²) in [6.45, 7) is 2.75. The van der Waals surface area contributed by atoms with Crippen LogP contribution < -0.4 is 5.32 Å². The number of nitrogens with one attached hydrogen (secondary N) is 1. The summed E-state index contributed by atoms with van der Waals surface area (Å²) in [5.41, 5.74) is 3.59. The number of hydrogen-bond donors (Lipinski definition) is 1. The van der Waals surface area contributed by atoms with E-state index < -0.39 is 0 Å². The number of fused-ring (bicyclic) bond motifs is 1. The monoisotopic (exact) mass is 346 g/mol. The van der Waals surface area contributed by atoms with Crippen LogP contribution in [-0.2, 0) is 6.42 Å². The van der Waals surface area contributed by atoms with Gasteiger partial charge in [0.15, 0.2) is 0 Å². The van der Waals surface area contributed by atoms with E-state index in [-0.39, 0.29) is 0 Å². The van der Waals surface area contributed by atoms with Gasteiger partial charge in [-0.05, 0) is 30.5 Å². The van der Waals surface area contributed by atoms with Gasteiger partial charge in [-0.2, -0.15) is 0 Å². The first-order chi connectivity index (χ1) is 12.3. The van der Waals surface area contributed by atoms with Crippen LogP contribution >= 0.6 is 11.3 Å². The Labute approximate surface area is 150 Å². The quantitative estimate of drug-likeness (QED) is 0.568. The molecule has 0 aliphatic rings. The van der Waals surface area contributed by atoms with Crippen LogP contribution in [-0.4, -0.2) is 21.5 Å². The van der Waals surface area contributed by atoms with Crippen LogP contribution in [0.1, 0.15) is 11.4 Å². The summed E-state index contributed by atoms with van der Waals surface area (Å²) in [4.78, 5) is 14.5. The van der Waals surface area contributed by atoms with Crippen LogP contribution in [0.3, 0.4) is 0 Å². The van der Waals surface area contributed by atoms with E-state index in [2.05, 4.69) is 56.0 Å². The smallest absolute Gasteiger partial charge is 0.139 e. The number of hydrogen-bond acceptors (Lipinski definition) is 5. The Morgan fingerprint density at radius 1 is 1.04 bits per heavy atom. The van der Waals surface area contributed by atoms with Crippen LogP contribution in [0.15, 0.2) is 60.2 Å². The van der Waals surface area contributed by atoms with E-state index in [1.165, 1.54) is 16.7 Å². The molecule has 5 heteroatoms. The Hall–Kier alpha value is -2.79. The van der Waals surface area contributed by atoms with Crippen molar-refractivity contribution in [2.75, 3.05) is 11.9 Å². The summed E-state index contributed by atoms with van der Waals surface area (Å²) < 4.78 is 0. The topological polar surface area (TPSA) is 50.7 Å². The molecule has 0 bridgehead atoms. The van der Waals surface area contributed by atoms with Gasteiger partial charge >= 0.3 is 0 Å². The van der Waals surface area contributed by atoms with E-state index in [0.717, 1.165) is 34.8 Å². The van der Waals surface area contributed by atoms with Crippen molar-refractivity contribution in [1.29, 1.82) is 0 Å². The Kier molecular flexibility index (Phi) is 4.39. The summed E-state index contributed by atoms with van der Waals surface area (Å²) in [5, 5.41) is 6.77. The normalized spacial score (nSPS) is 10.9. The highest BCUT2D eigenvalue weighted by atomic mass is 32.1. The Morgan fingerprint density at radius 2 is 1.92 bits per heavy atom. The molecule has 0 saturated heterocycles. The number of rotatable bonds is 5. The van der Waals surface area contributed by atoms with Gasteiger partial charge in [-0.15, -0.1) is 11.3 Å². The summed E-state index contributed by atoms with van der Waals surface area (Å²) >= 11 is 1.67. The van der Waals surface area contributed by atoms with Crippen LogP contribution in [0, 0.1) is 6.92 Å². The summed E-state index contributed by atoms with van der Waals surface area (Å²) in [6, 6.07) is 14.5. The molecule has 0 aliphatic carbocycles. The molecule has 0 fully saturated rings. The van der Waals surface area contributed by atoms with E-state index in [4.69, 9.17) is 0 Å². The number of aromatic nitrogens is 3. The first kappa shape index (κ1) is 15.7. The molecule has 0 saturated carbocycles. The molecule has 4 nitrogen and oxygen atoms in total. The molecule has 1 N–H and O–H groups in total. The predicted molar refractivity (Wildman–Crippen MR) is 104 cm³/mol. The fourth-order valence-electron chi connectivity index (χ4n) is 2.88. The number of nitrogens with zero attached hydrogens (tertiary/aromatic N) is 3. The van der Waals surface area contributed by atoms with Gasteiger partial charge < -0.3 is 5.32 Å². The fourth-order valence-corrected chi connectivity index (χ4v) is 3.87. The standard InChI is InChI=1S/C20H18N4S/c1-14-23-19(22-11-9-15-6-5-10-21-12-15)18-17(13-25-20(18)24-14)16-7-3-2-4-8-16/h2-8,10,12-13H,9,11H2,1H3,(H,22,23,24). The molecule has 4 aromatic rings. The Balaban J connectivity index is 1.66. The van der Waals surface area contributed by atoms with Gasteiger partial charge in [0.1, 0.15) is 16.5 Å². The second-order valence-electron chi connectivity index (χ2n) is 5.85. The van der Waals surface area contributed by atoms with Crippen molar-refractivity contribution in [3.63, 3.8) is 0 Å². The van der Waals surface area contributed by atoms with E-state index >= 15 is 0 Å². The maximum absolute atomic E-state index is 4.66. The van der Waals surface area contributed by atoms with Crippen molar-refractivity contribution in [3.8, 4) is 11.1 Å². The second kappa shape index (κ2) is 6.99. The summed E-state index contributed by atoms with van der Waals surface area (Å²) in [7, 11) is 0. The molecular weight excluding hydrogens is 328 g/mol. The van der Waals surface area contributed by atoms with Crippen molar-refractivity contribution < 1.29 is 0 Å². The molecular formula is C20H18N4S. The van der Waals surface area contributed by atoms with Crippen molar-refractivity contribution in [2.45, 2.75) is 13.3 Å². The Bertz CT molecular complexity index is 981. The number of thiophene rings is 1. The third-order valence-corrected chi connectivity index (χ3v) is 4.93. The number of anilines is 1. The number of benzene rings is 1. The molecule has 25 heavy (non-hydrogen) atoms. The molecule has 3 aromatic heterocycles. The van der Waals surface area contributed by atoms with Gasteiger partial charge in [-0.25, -0.2) is 9.97 Å². The average Bonchev–Trinajstić information content (AvgIpc) is 3.07. The van der Waals surface area contributed by atoms with E-state index in [1.807, 2.05) is 25.3 Å². The van der Waals surface area contributed by atoms with Crippen LogP contribution in [0.5, 0.6) is 0 Å². The van der Waals surface area contributed by atoms with Gasteiger partial charge in [-0.1, -0.05) is 36.4 Å². The van der Waals surface area contributed by atoms with Crippen molar-refractivity contribution in [2.24, 2.45) is 0 Å². The van der Waals surface area contributed by atoms with Crippen LogP contribution in [0.25, 0.3) is 21.3 Å². The lowest BCUT2D eigenvalue weighted by atomic mass is 10.1. The third kappa shape index (κ3) is 3.37. The third-order valence-electron chi connectivity index (χ3n) is 4.06. The first-order valence-electron chi connectivity index (χ1n) is 8.25. The maximum atomic E-state index is 4.66. The van der Waals surface area contributed by atoms with E-state index in [0.29, 0.717) is 0 Å². The summed E-state index contributed by atoms with van der Waals surface area (Å²) in [5.74, 6) is 1.70. The lowest BCUT2D eigenvalue weighted by Crippen LogP contribution is -2.08. The van der Waals surface area contributed by atoms with Gasteiger partial charge in [-0.3, -0.25) is 4.98 Å². The molecule has 0 aliphatic heterocycles. The predicted octanol–water partition coefficient (Wildman–Crippen LogP) is 4.72. The lowest BCUT2D eigenvalue weighted by Gasteiger charge is -2.09. The zero-order valence-corrected chi connectivity index (χ0v) is 14.8. The SMILES string of the molecule is Cc1nc(NCCc2cccnc2)c2c(-c3ccccc3)csc2n1. The minimum atomic E-state index is 0.790. The number of aryl methyl sites for hydroxylation is 1. The second-order valence-corrected chi connectivity index (χ2v) is 6.71. The van der Waals surface area contributed by atoms with E-state index in [9.17, 15) is 0 Å². The zero-order chi connectivity index (χ0) is 17.1. The molecule has 0 spiro atoms. The molecule has 0 amide bonds. The highest BCUT2D eigenvalue weighted by Gasteiger charge is 2.14. The summed E-state index contributed by atoms with van der Waals surface area (Å²) in [6.07, 6.45) is 4.61. The highest BCUT2D eigenvalue weighted by molar-refractivity contribution is 7.17. The van der Waals surface area contributed by atoms with Crippen LogP contribution in [0.4, 0.5) is 5.82 Å². The molecule has 3 heterocycles. The number of pyridine rings is 1. The van der Waals surface area contributed by atoms with Crippen LogP contribution in [0.2, 0.25) is 0 Å². The largest absolute Gasteiger partial charge is 0.369 e. The van der Waals surface area contributed by atoms with Crippen molar-refractivity contribution in [3.05, 3.63) is 71.6 Å². The molecule has 0 radical (unpaired) electrons. The van der Waals surface area contributed by atoms with E-state index in [1.54, 1.807) is 17.5 Å². The van der Waals surface area contributed by atoms with Crippen molar-refractivity contribution in [1.82, 2.24) is 15.0 Å². The molecule has 4 rings (SSSR count). The van der Waals surface area contributed by atoms with Gasteiger partial charge in [0.2, 0.25) is 0 Å². The fraction of sp³-hybridized carbons (Fsp3) is 0.150. The average molecular weight is 346 g/mol. The minimum absolute atomic E-state index is 0.790. The van der Waals surface area contributed by atoms with Gasteiger partial charge in [0, 0.05) is 29.9 Å².